The number of nitrogens with zero attached hydrogens (tertiary/aromatic N) is 3. The summed E-state index contributed by atoms with van der Waals surface area (Å²) in [6, 6.07) is 14.2. The highest BCUT2D eigenvalue weighted by Gasteiger charge is 2.00. The van der Waals surface area contributed by atoms with Crippen molar-refractivity contribution in [2.45, 2.75) is 0 Å². The van der Waals surface area contributed by atoms with Crippen LogP contribution < -0.4 is 5.32 Å². The first-order valence-corrected chi connectivity index (χ1v) is 5.80. The summed E-state index contributed by atoms with van der Waals surface area (Å²) in [6.45, 7) is 0. The quantitative estimate of drug-likeness (QED) is 0.763. The zero-order chi connectivity index (χ0) is 12.4. The van der Waals surface area contributed by atoms with E-state index in [-0.39, 0.29) is 5.28 Å². The molecule has 0 saturated carbocycles. The number of hydrogen-bond acceptors (Lipinski definition) is 4. The molecule has 0 radical (unpaired) electrons. The lowest BCUT2D eigenvalue weighted by Crippen LogP contribution is -1.96. The van der Waals surface area contributed by atoms with Crippen molar-refractivity contribution in [2.24, 2.45) is 0 Å². The maximum absolute atomic E-state index is 5.68. The van der Waals surface area contributed by atoms with Crippen LogP contribution in [-0.2, 0) is 0 Å². The molecule has 0 aliphatic carbocycles. The van der Waals surface area contributed by atoms with Gasteiger partial charge in [0.15, 0.2) is 5.82 Å². The molecule has 1 N–H and O–H groups in total. The molecule has 0 aliphatic rings. The van der Waals surface area contributed by atoms with Crippen LogP contribution in [-0.4, -0.2) is 15.2 Å². The van der Waals surface area contributed by atoms with Crippen molar-refractivity contribution in [2.75, 3.05) is 5.32 Å². The van der Waals surface area contributed by atoms with Crippen LogP contribution in [0.3, 0.4) is 0 Å². The number of fused-ring (bicyclic) bond motifs is 1. The van der Waals surface area contributed by atoms with Gasteiger partial charge in [-0.05, 0) is 34.5 Å². The third-order valence-corrected chi connectivity index (χ3v) is 2.71. The predicted molar refractivity (Wildman–Crippen MR) is 72.1 cm³/mol. The molecule has 0 bridgehead atoms. The first kappa shape index (κ1) is 10.9. The second-order valence-corrected chi connectivity index (χ2v) is 4.14. The Kier molecular flexibility index (Phi) is 2.78. The molecule has 0 atom stereocenters. The second kappa shape index (κ2) is 4.58. The minimum atomic E-state index is 0.126. The van der Waals surface area contributed by atoms with Gasteiger partial charge in [0.05, 0.1) is 6.20 Å². The molecule has 0 unspecified atom stereocenters. The standard InChI is InChI=1S/C13H9ClN4/c14-13-17-12(8-15-18-13)16-11-6-5-9-3-1-2-4-10(9)7-11/h1-8H,(H,16,17,18). The Morgan fingerprint density at radius 1 is 1.00 bits per heavy atom. The molecule has 0 fully saturated rings. The van der Waals surface area contributed by atoms with Crippen LogP contribution in [0.2, 0.25) is 5.28 Å². The largest absolute Gasteiger partial charge is 0.339 e. The lowest BCUT2D eigenvalue weighted by atomic mass is 10.1. The van der Waals surface area contributed by atoms with Crippen LogP contribution >= 0.6 is 11.6 Å². The summed E-state index contributed by atoms with van der Waals surface area (Å²) < 4.78 is 0. The SMILES string of the molecule is Clc1nncc(Nc2ccc3ccccc3c2)n1. The lowest BCUT2D eigenvalue weighted by molar-refractivity contribution is 0.974. The van der Waals surface area contributed by atoms with Gasteiger partial charge in [0.25, 0.3) is 0 Å². The first-order valence-electron chi connectivity index (χ1n) is 5.42. The van der Waals surface area contributed by atoms with E-state index in [1.54, 1.807) is 0 Å². The minimum Gasteiger partial charge on any atom is -0.339 e. The summed E-state index contributed by atoms with van der Waals surface area (Å²) in [4.78, 5) is 4.03. The Labute approximate surface area is 109 Å². The van der Waals surface area contributed by atoms with Crippen molar-refractivity contribution >= 4 is 33.9 Å². The molecule has 0 spiro atoms. The van der Waals surface area contributed by atoms with E-state index in [0.29, 0.717) is 5.82 Å². The van der Waals surface area contributed by atoms with Crippen molar-refractivity contribution in [3.05, 3.63) is 53.9 Å². The van der Waals surface area contributed by atoms with E-state index in [1.165, 1.54) is 11.6 Å². The first-order chi connectivity index (χ1) is 8.81. The van der Waals surface area contributed by atoms with E-state index < -0.39 is 0 Å². The van der Waals surface area contributed by atoms with Crippen LogP contribution in [0.15, 0.2) is 48.7 Å². The zero-order valence-corrected chi connectivity index (χ0v) is 10.1. The number of benzene rings is 2. The molecule has 3 aromatic rings. The summed E-state index contributed by atoms with van der Waals surface area (Å²) in [5.74, 6) is 0.574. The van der Waals surface area contributed by atoms with Crippen LogP contribution in [0.1, 0.15) is 0 Å². The number of nitrogens with one attached hydrogen (secondary N) is 1. The molecule has 2 aromatic carbocycles. The van der Waals surface area contributed by atoms with Crippen molar-refractivity contribution in [1.82, 2.24) is 15.2 Å². The van der Waals surface area contributed by atoms with E-state index in [1.807, 2.05) is 30.3 Å². The van der Waals surface area contributed by atoms with Crippen LogP contribution in [0.4, 0.5) is 11.5 Å². The van der Waals surface area contributed by atoms with Gasteiger partial charge >= 0.3 is 0 Å². The van der Waals surface area contributed by atoms with Crippen molar-refractivity contribution in [3.63, 3.8) is 0 Å². The van der Waals surface area contributed by atoms with Crippen molar-refractivity contribution in [3.8, 4) is 0 Å². The van der Waals surface area contributed by atoms with Crippen molar-refractivity contribution < 1.29 is 0 Å². The Bertz CT molecular complexity index is 699. The maximum Gasteiger partial charge on any atom is 0.244 e. The summed E-state index contributed by atoms with van der Waals surface area (Å²) in [5, 5.41) is 13.0. The van der Waals surface area contributed by atoms with Crippen LogP contribution in [0.5, 0.6) is 0 Å². The number of aromatic nitrogens is 3. The van der Waals surface area contributed by atoms with E-state index in [9.17, 15) is 0 Å². The Hall–Kier alpha value is -2.20. The van der Waals surface area contributed by atoms with Gasteiger partial charge in [-0.2, -0.15) is 10.1 Å². The normalized spacial score (nSPS) is 10.5. The molecule has 0 amide bonds. The minimum absolute atomic E-state index is 0.126. The molecule has 4 nitrogen and oxygen atoms in total. The topological polar surface area (TPSA) is 50.7 Å². The molecule has 18 heavy (non-hydrogen) atoms. The highest BCUT2D eigenvalue weighted by atomic mass is 35.5. The zero-order valence-electron chi connectivity index (χ0n) is 9.34. The number of halogens is 1. The van der Waals surface area contributed by atoms with E-state index in [4.69, 9.17) is 11.6 Å². The molecule has 1 heterocycles. The highest BCUT2D eigenvalue weighted by molar-refractivity contribution is 6.28. The van der Waals surface area contributed by atoms with E-state index in [0.717, 1.165) is 11.1 Å². The third-order valence-electron chi connectivity index (χ3n) is 2.55. The highest BCUT2D eigenvalue weighted by Crippen LogP contribution is 2.21. The van der Waals surface area contributed by atoms with Crippen LogP contribution in [0.25, 0.3) is 10.8 Å². The van der Waals surface area contributed by atoms with Gasteiger partial charge < -0.3 is 5.32 Å². The summed E-state index contributed by atoms with van der Waals surface area (Å²) in [5.41, 5.74) is 0.935. The van der Waals surface area contributed by atoms with Gasteiger partial charge in [0.2, 0.25) is 5.28 Å². The fourth-order valence-corrected chi connectivity index (χ4v) is 1.89. The number of anilines is 2. The van der Waals surface area contributed by atoms with Gasteiger partial charge in [0, 0.05) is 5.69 Å². The van der Waals surface area contributed by atoms with E-state index >= 15 is 0 Å². The fraction of sp³-hybridized carbons (Fsp3) is 0. The molecular formula is C13H9ClN4. The molecule has 88 valence electrons. The average Bonchev–Trinajstić information content (AvgIpc) is 2.39. The Balaban J connectivity index is 1.95. The second-order valence-electron chi connectivity index (χ2n) is 3.80. The predicted octanol–water partition coefficient (Wildman–Crippen LogP) is 3.42. The van der Waals surface area contributed by atoms with Gasteiger partial charge in [-0.25, -0.2) is 0 Å². The van der Waals surface area contributed by atoms with Crippen molar-refractivity contribution in [1.29, 1.82) is 0 Å². The summed E-state index contributed by atoms with van der Waals surface area (Å²) >= 11 is 5.68. The Morgan fingerprint density at radius 3 is 2.67 bits per heavy atom. The number of hydrogen-bond donors (Lipinski definition) is 1. The fourth-order valence-electron chi connectivity index (χ4n) is 1.76. The average molecular weight is 257 g/mol. The molecule has 3 rings (SSSR count). The monoisotopic (exact) mass is 256 g/mol. The molecule has 0 saturated heterocycles. The molecular weight excluding hydrogens is 248 g/mol. The lowest BCUT2D eigenvalue weighted by Gasteiger charge is -2.06. The summed E-state index contributed by atoms with van der Waals surface area (Å²) in [6.07, 6.45) is 1.53. The third kappa shape index (κ3) is 2.24. The summed E-state index contributed by atoms with van der Waals surface area (Å²) in [7, 11) is 0. The van der Waals surface area contributed by atoms with Gasteiger partial charge in [-0.3, -0.25) is 0 Å². The molecule has 1 aromatic heterocycles. The number of rotatable bonds is 2. The Morgan fingerprint density at radius 2 is 1.83 bits per heavy atom. The smallest absolute Gasteiger partial charge is 0.244 e. The van der Waals surface area contributed by atoms with E-state index in [2.05, 4.69) is 32.6 Å². The molecule has 5 heteroatoms. The maximum atomic E-state index is 5.68. The van der Waals surface area contributed by atoms with Gasteiger partial charge in [-0.15, -0.1) is 5.10 Å². The van der Waals surface area contributed by atoms with Crippen LogP contribution in [0, 0.1) is 0 Å². The van der Waals surface area contributed by atoms with Gasteiger partial charge in [0.1, 0.15) is 0 Å². The van der Waals surface area contributed by atoms with Gasteiger partial charge in [-0.1, -0.05) is 30.3 Å². The molecule has 0 aliphatic heterocycles.